The van der Waals surface area contributed by atoms with Gasteiger partial charge < -0.3 is 27.5 Å². The van der Waals surface area contributed by atoms with Gasteiger partial charge in [-0.25, -0.2) is 9.89 Å². The minimum atomic E-state index is -0.523. The Bertz CT molecular complexity index is 676. The van der Waals surface area contributed by atoms with Crippen molar-refractivity contribution in [1.29, 1.82) is 0 Å². The summed E-state index contributed by atoms with van der Waals surface area (Å²) in [5, 5.41) is 6.41. The van der Waals surface area contributed by atoms with Crippen LogP contribution in [0.25, 0.3) is 5.73 Å². The molecule has 0 aliphatic carbocycles. The van der Waals surface area contributed by atoms with Crippen LogP contribution in [0.3, 0.4) is 0 Å². The summed E-state index contributed by atoms with van der Waals surface area (Å²) in [7, 11) is 2.08. The molecule has 0 aromatic carbocycles. The SMILES string of the molecule is CN1CCC(Cc2cccc([NH-])n2)(c2n[nH]c(=O)o2)CC1.[CH3-].[W+2]. The molecule has 7 nitrogen and oxygen atoms in total. The van der Waals surface area contributed by atoms with Crippen molar-refractivity contribution >= 4 is 5.82 Å². The zero-order chi connectivity index (χ0) is 14.9. The average Bonchev–Trinajstić information content (AvgIpc) is 2.89. The Balaban J connectivity index is 0.00000132. The number of rotatable bonds is 3. The van der Waals surface area contributed by atoms with E-state index in [4.69, 9.17) is 10.2 Å². The first-order valence-corrected chi connectivity index (χ1v) is 6.99. The van der Waals surface area contributed by atoms with Crippen LogP contribution in [0.4, 0.5) is 5.82 Å². The Morgan fingerprint density at radius 1 is 1.39 bits per heavy atom. The molecule has 8 heteroatoms. The summed E-state index contributed by atoms with van der Waals surface area (Å²) < 4.78 is 5.25. The molecule has 0 spiro atoms. The molecule has 2 aromatic heterocycles. The van der Waals surface area contributed by atoms with Crippen LogP contribution in [0.15, 0.2) is 27.4 Å². The number of aromatic amines is 1. The molecule has 1 aliphatic rings. The Hall–Kier alpha value is -1.46. The first-order chi connectivity index (χ1) is 10.1. The van der Waals surface area contributed by atoms with Gasteiger partial charge in [-0.2, -0.15) is 0 Å². The third kappa shape index (κ3) is 4.30. The van der Waals surface area contributed by atoms with Crippen LogP contribution in [-0.4, -0.2) is 40.2 Å². The Morgan fingerprint density at radius 2 is 2.09 bits per heavy atom. The minimum absolute atomic E-state index is 0. The monoisotopic (exact) mass is 487 g/mol. The largest absolute Gasteiger partial charge is 2.00 e. The van der Waals surface area contributed by atoms with E-state index in [1.165, 1.54) is 0 Å². The fourth-order valence-corrected chi connectivity index (χ4v) is 2.89. The van der Waals surface area contributed by atoms with Gasteiger partial charge in [0.2, 0.25) is 5.89 Å². The summed E-state index contributed by atoms with van der Waals surface area (Å²) in [6.07, 6.45) is 2.32. The van der Waals surface area contributed by atoms with Crippen molar-refractivity contribution in [1.82, 2.24) is 20.1 Å². The number of piperidine rings is 1. The van der Waals surface area contributed by atoms with Gasteiger partial charge >= 0.3 is 26.8 Å². The van der Waals surface area contributed by atoms with Crippen LogP contribution in [-0.2, 0) is 32.9 Å². The van der Waals surface area contributed by atoms with Gasteiger partial charge in [0.15, 0.2) is 0 Å². The number of nitrogens with one attached hydrogen (secondary N) is 2. The third-order valence-electron chi connectivity index (χ3n) is 4.16. The first-order valence-electron chi connectivity index (χ1n) is 6.99. The van der Waals surface area contributed by atoms with Crippen molar-refractivity contribution < 1.29 is 25.5 Å². The van der Waals surface area contributed by atoms with Gasteiger partial charge in [-0.3, -0.25) is 0 Å². The summed E-state index contributed by atoms with van der Waals surface area (Å²) in [5.74, 6) is 0.183. The molecule has 23 heavy (non-hydrogen) atoms. The first kappa shape index (κ1) is 19.6. The molecule has 1 saturated heterocycles. The maximum Gasteiger partial charge on any atom is 2.00 e. The zero-order valence-electron chi connectivity index (χ0n) is 13.3. The van der Waals surface area contributed by atoms with Gasteiger partial charge in [0, 0.05) is 0 Å². The second-order valence-corrected chi connectivity index (χ2v) is 5.69. The zero-order valence-corrected chi connectivity index (χ0v) is 16.3. The van der Waals surface area contributed by atoms with Crippen molar-refractivity contribution in [3.63, 3.8) is 0 Å². The molecule has 3 rings (SSSR count). The molecule has 0 radical (unpaired) electrons. The molecule has 2 aromatic rings. The fraction of sp³-hybridized carbons (Fsp3) is 0.467. The van der Waals surface area contributed by atoms with Gasteiger partial charge in [0.25, 0.3) is 0 Å². The topological polar surface area (TPSA) is 98.8 Å². The van der Waals surface area contributed by atoms with Gasteiger partial charge in [-0.15, -0.1) is 5.10 Å². The predicted molar refractivity (Wildman–Crippen MR) is 83.9 cm³/mol. The van der Waals surface area contributed by atoms with Crippen LogP contribution in [0.5, 0.6) is 0 Å². The number of aromatic nitrogens is 3. The summed E-state index contributed by atoms with van der Waals surface area (Å²) in [6.45, 7) is 1.83. The molecular weight excluding hydrogens is 466 g/mol. The van der Waals surface area contributed by atoms with Crippen molar-refractivity contribution in [2.45, 2.75) is 24.7 Å². The quantitative estimate of drug-likeness (QED) is 0.669. The number of nitrogens with zero attached hydrogens (tertiary/aromatic N) is 3. The van der Waals surface area contributed by atoms with E-state index in [0.29, 0.717) is 12.3 Å². The van der Waals surface area contributed by atoms with Gasteiger partial charge in [-0.05, 0) is 39.4 Å². The molecule has 0 atom stereocenters. The van der Waals surface area contributed by atoms with Crippen molar-refractivity contribution in [3.8, 4) is 0 Å². The van der Waals surface area contributed by atoms with E-state index in [9.17, 15) is 4.79 Å². The molecule has 0 bridgehead atoms. The number of hydrogen-bond donors (Lipinski definition) is 1. The maximum atomic E-state index is 11.3. The van der Waals surface area contributed by atoms with E-state index in [0.717, 1.165) is 31.6 Å². The van der Waals surface area contributed by atoms with E-state index in [1.54, 1.807) is 6.07 Å². The third-order valence-corrected chi connectivity index (χ3v) is 4.16. The van der Waals surface area contributed by atoms with Crippen LogP contribution in [0.1, 0.15) is 24.4 Å². The fourth-order valence-electron chi connectivity index (χ4n) is 2.89. The molecule has 0 saturated carbocycles. The molecule has 1 fully saturated rings. The second-order valence-electron chi connectivity index (χ2n) is 5.69. The molecule has 3 heterocycles. The molecule has 2 N–H and O–H groups in total. The number of hydrogen-bond acceptors (Lipinski definition) is 5. The van der Waals surface area contributed by atoms with Crippen molar-refractivity contribution in [3.05, 3.63) is 53.5 Å². The van der Waals surface area contributed by atoms with E-state index in [2.05, 4.69) is 27.1 Å². The Labute approximate surface area is 149 Å². The summed E-state index contributed by atoms with van der Waals surface area (Å²) in [6, 6.07) is 5.39. The van der Waals surface area contributed by atoms with E-state index in [-0.39, 0.29) is 39.7 Å². The number of likely N-dealkylation sites (tertiary alicyclic amines) is 1. The Morgan fingerprint density at radius 3 is 2.65 bits per heavy atom. The maximum absolute atomic E-state index is 11.3. The van der Waals surface area contributed by atoms with Crippen molar-refractivity contribution in [2.75, 3.05) is 20.1 Å². The molecule has 1 aliphatic heterocycles. The summed E-state index contributed by atoms with van der Waals surface area (Å²) in [4.78, 5) is 17.8. The molecular formula is C15H21N5O2W. The van der Waals surface area contributed by atoms with E-state index < -0.39 is 5.76 Å². The standard InChI is InChI=1S/C14H19N5O2.CH3.W/c1-19-7-5-14(6-8-19,12-17-18-13(20)21-12)9-10-3-2-4-11(15)16-10;;/h2-4H,5-9H2,1H3,(H3,15,16,18,20);1H3;/q;-1;+2/p-1. The minimum Gasteiger partial charge on any atom is -0.482 e. The summed E-state index contributed by atoms with van der Waals surface area (Å²) >= 11 is 0. The smallest absolute Gasteiger partial charge is 0.482 e. The normalized spacial score (nSPS) is 17.1. The molecule has 0 unspecified atom stereocenters. The van der Waals surface area contributed by atoms with E-state index >= 15 is 0 Å². The van der Waals surface area contributed by atoms with Crippen molar-refractivity contribution in [2.24, 2.45) is 0 Å². The van der Waals surface area contributed by atoms with E-state index in [1.807, 2.05) is 12.1 Å². The average molecular weight is 487 g/mol. The molecule has 0 amide bonds. The van der Waals surface area contributed by atoms with Gasteiger partial charge in [0.05, 0.1) is 5.41 Å². The Kier molecular flexibility index (Phi) is 6.71. The second kappa shape index (κ2) is 7.88. The number of pyridine rings is 1. The number of H-pyrrole nitrogens is 1. The van der Waals surface area contributed by atoms with Crippen LogP contribution in [0.2, 0.25) is 0 Å². The molecule has 124 valence electrons. The van der Waals surface area contributed by atoms with Crippen LogP contribution < -0.4 is 5.76 Å². The van der Waals surface area contributed by atoms with Crippen LogP contribution in [0, 0.1) is 7.43 Å². The predicted octanol–water partition coefficient (Wildman–Crippen LogP) is 2.10. The van der Waals surface area contributed by atoms with Gasteiger partial charge in [-0.1, -0.05) is 29.7 Å². The van der Waals surface area contributed by atoms with Crippen LogP contribution >= 0.6 is 0 Å². The summed E-state index contributed by atoms with van der Waals surface area (Å²) in [5.41, 5.74) is 8.15. The van der Waals surface area contributed by atoms with Gasteiger partial charge in [0.1, 0.15) is 0 Å².